The van der Waals surface area contributed by atoms with Crippen molar-refractivity contribution in [3.63, 3.8) is 0 Å². The van der Waals surface area contributed by atoms with Crippen LogP contribution in [0.3, 0.4) is 0 Å². The van der Waals surface area contributed by atoms with Gasteiger partial charge in [0.1, 0.15) is 13.2 Å². The monoisotopic (exact) mass is 588 g/mol. The van der Waals surface area contributed by atoms with Gasteiger partial charge in [-0.15, -0.1) is 0 Å². The average Bonchev–Trinajstić information content (AvgIpc) is 2.86. The molecule has 3 unspecified atom stereocenters. The Bertz CT molecular complexity index is 723. The minimum absolute atomic E-state index is 0.00951. The van der Waals surface area contributed by atoms with Crippen LogP contribution in [0.15, 0.2) is 24.3 Å². The second-order valence-corrected chi connectivity index (χ2v) is 13.3. The highest BCUT2D eigenvalue weighted by atomic mass is 31.2. The molecule has 0 aromatic carbocycles. The van der Waals surface area contributed by atoms with Crippen molar-refractivity contribution < 1.29 is 32.9 Å². The van der Waals surface area contributed by atoms with Gasteiger partial charge in [0, 0.05) is 6.92 Å². The predicted molar refractivity (Wildman–Crippen MR) is 164 cm³/mol. The molecular formula is C31H61N2O6P. The van der Waals surface area contributed by atoms with E-state index in [-0.39, 0.29) is 12.5 Å². The zero-order valence-electron chi connectivity index (χ0n) is 26.3. The van der Waals surface area contributed by atoms with Crippen LogP contribution in [0.4, 0.5) is 0 Å². The fraction of sp³-hybridized carbons (Fsp3) is 0.839. The molecular weight excluding hydrogens is 527 g/mol. The van der Waals surface area contributed by atoms with Crippen molar-refractivity contribution in [2.24, 2.45) is 0 Å². The Balaban J connectivity index is 3.99. The van der Waals surface area contributed by atoms with Gasteiger partial charge in [-0.25, -0.2) is 0 Å². The Kier molecular flexibility index (Phi) is 23.9. The normalized spacial score (nSPS) is 15.5. The number of allylic oxidation sites excluding steroid dienone is 3. The number of nitrogens with zero attached hydrogens (tertiary/aromatic N) is 1. The molecule has 0 aliphatic carbocycles. The number of aliphatic hydroxyl groups excluding tert-OH is 1. The molecule has 0 aromatic rings. The second-order valence-electron chi connectivity index (χ2n) is 11.9. The summed E-state index contributed by atoms with van der Waals surface area (Å²) in [5, 5.41) is 13.0. The summed E-state index contributed by atoms with van der Waals surface area (Å²) in [4.78, 5) is 23.6. The Labute approximate surface area is 245 Å². The van der Waals surface area contributed by atoms with Crippen molar-refractivity contribution >= 4 is 13.7 Å². The third kappa shape index (κ3) is 27.2. The zero-order valence-corrected chi connectivity index (χ0v) is 27.2. The van der Waals surface area contributed by atoms with Crippen LogP contribution in [0.25, 0.3) is 0 Å². The molecule has 0 aliphatic heterocycles. The number of unbranched alkanes of at least 4 members (excludes halogenated alkanes) is 14. The van der Waals surface area contributed by atoms with E-state index in [2.05, 4.69) is 24.4 Å². The molecule has 0 rings (SSSR count). The van der Waals surface area contributed by atoms with Crippen LogP contribution in [-0.2, 0) is 18.4 Å². The standard InChI is InChI=1S/C31H61N2O6P/c1-6-7-8-9-10-11-12-13-14-15-16-17-18-19-20-21-22-23-24-25-31(35)30(32-29(2)34)28-39-40(36,37)38-27-26-33(3,4)5/h20-21,24-25,30-31,35H,6-19,22-23,26-28H2,1-5H3,(H-,32,34,36,37)/b21-20+,25-24+. The van der Waals surface area contributed by atoms with Crippen LogP contribution < -0.4 is 10.2 Å². The maximum Gasteiger partial charge on any atom is 0.268 e. The molecule has 0 fully saturated rings. The predicted octanol–water partition coefficient (Wildman–Crippen LogP) is 6.43. The molecule has 0 saturated heterocycles. The van der Waals surface area contributed by atoms with E-state index in [1.807, 2.05) is 27.2 Å². The number of quaternary nitrogens is 1. The molecule has 0 aliphatic rings. The maximum absolute atomic E-state index is 12.0. The number of aliphatic hydroxyl groups is 1. The fourth-order valence-corrected chi connectivity index (χ4v) is 4.92. The molecule has 0 heterocycles. The highest BCUT2D eigenvalue weighted by Crippen LogP contribution is 2.38. The van der Waals surface area contributed by atoms with Crippen LogP contribution in [0.2, 0.25) is 0 Å². The topological polar surface area (TPSA) is 108 Å². The molecule has 9 heteroatoms. The molecule has 2 N–H and O–H groups in total. The lowest BCUT2D eigenvalue weighted by Crippen LogP contribution is -2.45. The van der Waals surface area contributed by atoms with Crippen molar-refractivity contribution in [2.75, 3.05) is 40.9 Å². The fourth-order valence-electron chi connectivity index (χ4n) is 4.20. The summed E-state index contributed by atoms with van der Waals surface area (Å²) in [7, 11) is 1.23. The molecule has 8 nitrogen and oxygen atoms in total. The van der Waals surface area contributed by atoms with E-state index in [0.717, 1.165) is 19.3 Å². The molecule has 0 radical (unpaired) electrons. The number of likely N-dealkylation sites (N-methyl/N-ethyl adjacent to an activating group) is 1. The number of hydrogen-bond donors (Lipinski definition) is 2. The van der Waals surface area contributed by atoms with Crippen LogP contribution in [0.5, 0.6) is 0 Å². The van der Waals surface area contributed by atoms with Gasteiger partial charge >= 0.3 is 0 Å². The Morgan fingerprint density at radius 2 is 1.35 bits per heavy atom. The van der Waals surface area contributed by atoms with Gasteiger partial charge < -0.3 is 28.8 Å². The molecule has 0 spiro atoms. The number of phosphoric acid groups is 1. The molecule has 0 aromatic heterocycles. The molecule has 40 heavy (non-hydrogen) atoms. The number of rotatable bonds is 27. The van der Waals surface area contributed by atoms with Gasteiger partial charge in [0.15, 0.2) is 0 Å². The number of nitrogens with one attached hydrogen (secondary N) is 1. The number of carbonyl (C=O) groups excluding carboxylic acids is 1. The van der Waals surface area contributed by atoms with Crippen LogP contribution in [-0.4, -0.2) is 68.5 Å². The van der Waals surface area contributed by atoms with E-state index in [1.165, 1.54) is 90.4 Å². The van der Waals surface area contributed by atoms with Crippen LogP contribution >= 0.6 is 7.82 Å². The Morgan fingerprint density at radius 3 is 1.88 bits per heavy atom. The first-order valence-electron chi connectivity index (χ1n) is 15.6. The highest BCUT2D eigenvalue weighted by Gasteiger charge is 2.22. The highest BCUT2D eigenvalue weighted by molar-refractivity contribution is 7.45. The first-order valence-corrected chi connectivity index (χ1v) is 17.1. The Hall–Kier alpha value is -1.02. The van der Waals surface area contributed by atoms with Gasteiger partial charge in [0.25, 0.3) is 7.82 Å². The van der Waals surface area contributed by atoms with Crippen LogP contribution in [0, 0.1) is 0 Å². The lowest BCUT2D eigenvalue weighted by molar-refractivity contribution is -0.870. The summed E-state index contributed by atoms with van der Waals surface area (Å²) in [6, 6.07) is -0.899. The van der Waals surface area contributed by atoms with E-state index in [1.54, 1.807) is 6.08 Å². The van der Waals surface area contributed by atoms with Gasteiger partial charge in [-0.05, 0) is 25.7 Å². The van der Waals surface area contributed by atoms with Gasteiger partial charge in [-0.1, -0.05) is 108 Å². The summed E-state index contributed by atoms with van der Waals surface area (Å²) in [6.07, 6.45) is 27.1. The summed E-state index contributed by atoms with van der Waals surface area (Å²) in [5.41, 5.74) is 0. The van der Waals surface area contributed by atoms with E-state index >= 15 is 0 Å². The van der Waals surface area contributed by atoms with Gasteiger partial charge in [-0.3, -0.25) is 9.36 Å². The van der Waals surface area contributed by atoms with Crippen molar-refractivity contribution in [3.8, 4) is 0 Å². The van der Waals surface area contributed by atoms with Crippen molar-refractivity contribution in [1.82, 2.24) is 5.32 Å². The number of hydrogen-bond acceptors (Lipinski definition) is 6. The minimum atomic E-state index is -4.54. The number of phosphoric ester groups is 1. The first kappa shape index (κ1) is 39.0. The van der Waals surface area contributed by atoms with Crippen molar-refractivity contribution in [2.45, 2.75) is 129 Å². The third-order valence-electron chi connectivity index (χ3n) is 6.70. The van der Waals surface area contributed by atoms with E-state index in [0.29, 0.717) is 11.0 Å². The summed E-state index contributed by atoms with van der Waals surface area (Å²) < 4.78 is 22.4. The molecule has 3 atom stereocenters. The first-order chi connectivity index (χ1) is 19.0. The molecule has 1 amide bonds. The molecule has 0 saturated carbocycles. The Morgan fingerprint density at radius 1 is 0.850 bits per heavy atom. The SMILES string of the molecule is CCCCCCCCCCCCCCC/C=C/CC/C=C/C(O)C(COP(=O)([O-])OCC[N+](C)(C)C)NC(C)=O. The largest absolute Gasteiger partial charge is 0.756 e. The maximum atomic E-state index is 12.0. The van der Waals surface area contributed by atoms with E-state index < -0.39 is 26.6 Å². The van der Waals surface area contributed by atoms with Gasteiger partial charge in [0.2, 0.25) is 5.91 Å². The van der Waals surface area contributed by atoms with Gasteiger partial charge in [0.05, 0.1) is 39.9 Å². The van der Waals surface area contributed by atoms with Crippen LogP contribution in [0.1, 0.15) is 117 Å². The summed E-state index contributed by atoms with van der Waals surface area (Å²) >= 11 is 0. The third-order valence-corrected chi connectivity index (χ3v) is 7.66. The quantitative estimate of drug-likeness (QED) is 0.0495. The summed E-state index contributed by atoms with van der Waals surface area (Å²) in [5.74, 6) is -0.385. The van der Waals surface area contributed by atoms with E-state index in [9.17, 15) is 19.4 Å². The van der Waals surface area contributed by atoms with E-state index in [4.69, 9.17) is 9.05 Å². The minimum Gasteiger partial charge on any atom is -0.756 e. The second kappa shape index (κ2) is 24.6. The lowest BCUT2D eigenvalue weighted by atomic mass is 10.0. The molecule has 0 bridgehead atoms. The number of amides is 1. The smallest absolute Gasteiger partial charge is 0.268 e. The summed E-state index contributed by atoms with van der Waals surface area (Å²) in [6.45, 7) is 3.65. The van der Waals surface area contributed by atoms with Crippen molar-refractivity contribution in [3.05, 3.63) is 24.3 Å². The van der Waals surface area contributed by atoms with Crippen molar-refractivity contribution in [1.29, 1.82) is 0 Å². The lowest BCUT2D eigenvalue weighted by Gasteiger charge is -2.29. The van der Waals surface area contributed by atoms with Gasteiger partial charge in [-0.2, -0.15) is 0 Å². The molecule has 236 valence electrons. The average molecular weight is 589 g/mol. The number of carbonyl (C=O) groups is 1. The zero-order chi connectivity index (χ0) is 30.1.